The van der Waals surface area contributed by atoms with Gasteiger partial charge in [-0.05, 0) is 73.4 Å². The topological polar surface area (TPSA) is 57.7 Å². The number of carbonyl (C=O) groups is 1. The molecule has 1 aliphatic carbocycles. The van der Waals surface area contributed by atoms with Gasteiger partial charge in [0.2, 0.25) is 5.91 Å². The van der Waals surface area contributed by atoms with Crippen molar-refractivity contribution >= 4 is 15.7 Å². The lowest BCUT2D eigenvalue weighted by Crippen LogP contribution is -2.53. The summed E-state index contributed by atoms with van der Waals surface area (Å²) in [5.41, 5.74) is -7.39. The largest absolute Gasteiger partial charge is 0.435 e. The Bertz CT molecular complexity index is 1470. The number of benzene rings is 2. The first-order valence-corrected chi connectivity index (χ1v) is 15.4. The predicted octanol–water partition coefficient (Wildman–Crippen LogP) is 6.06. The van der Waals surface area contributed by atoms with Gasteiger partial charge in [-0.1, -0.05) is 18.2 Å². The number of likely N-dealkylation sites (tertiary alicyclic amines) is 2. The molecule has 2 heterocycles. The summed E-state index contributed by atoms with van der Waals surface area (Å²) in [6, 6.07) is 5.17. The molecule has 236 valence electrons. The SMILES string of the molecule is CC(=O)N1CCC(CN2CC[C@]3(S(=O)(=O)c4ccc(F)cc4)c4ccc(C(F)(C(F)(F)F)C(F)(F)F)cc4CC[C@H]23)CC1. The summed E-state index contributed by atoms with van der Waals surface area (Å²) < 4.78 is 137. The molecule has 0 unspecified atom stereocenters. The minimum atomic E-state index is -6.31. The van der Waals surface area contributed by atoms with Gasteiger partial charge in [-0.15, -0.1) is 0 Å². The maximum absolute atomic E-state index is 15.0. The average Bonchev–Trinajstić information content (AvgIpc) is 3.31. The molecule has 2 aromatic carbocycles. The highest BCUT2D eigenvalue weighted by Gasteiger charge is 2.73. The number of aryl methyl sites for hydroxylation is 1. The van der Waals surface area contributed by atoms with E-state index in [1.54, 1.807) is 4.90 Å². The summed E-state index contributed by atoms with van der Waals surface area (Å²) in [6.45, 7) is 3.34. The zero-order valence-corrected chi connectivity index (χ0v) is 23.9. The molecule has 0 saturated carbocycles. The Labute approximate surface area is 243 Å². The molecule has 0 bridgehead atoms. The second-order valence-corrected chi connectivity index (χ2v) is 13.8. The van der Waals surface area contributed by atoms with Crippen molar-refractivity contribution in [1.29, 1.82) is 0 Å². The molecule has 2 atom stereocenters. The molecular weight excluding hydrogens is 608 g/mol. The number of hydrogen-bond acceptors (Lipinski definition) is 4. The van der Waals surface area contributed by atoms with E-state index in [1.165, 1.54) is 6.92 Å². The van der Waals surface area contributed by atoms with Crippen LogP contribution in [0.3, 0.4) is 0 Å². The second kappa shape index (κ2) is 10.7. The van der Waals surface area contributed by atoms with E-state index in [-0.39, 0.29) is 53.7 Å². The van der Waals surface area contributed by atoms with Crippen LogP contribution in [0.2, 0.25) is 0 Å². The first-order chi connectivity index (χ1) is 19.9. The van der Waals surface area contributed by atoms with Gasteiger partial charge in [0, 0.05) is 44.7 Å². The quantitative estimate of drug-likeness (QED) is 0.295. The van der Waals surface area contributed by atoms with Crippen LogP contribution in [0.4, 0.5) is 35.1 Å². The molecule has 2 saturated heterocycles. The van der Waals surface area contributed by atoms with Gasteiger partial charge < -0.3 is 4.90 Å². The Morgan fingerprint density at radius 2 is 1.51 bits per heavy atom. The van der Waals surface area contributed by atoms with E-state index in [9.17, 15) is 48.3 Å². The van der Waals surface area contributed by atoms with Crippen LogP contribution < -0.4 is 0 Å². The van der Waals surface area contributed by atoms with Crippen LogP contribution >= 0.6 is 0 Å². The molecule has 2 fully saturated rings. The van der Waals surface area contributed by atoms with Gasteiger partial charge >= 0.3 is 18.0 Å². The fourth-order valence-electron chi connectivity index (χ4n) is 7.13. The number of amides is 1. The Hall–Kier alpha value is -2.74. The van der Waals surface area contributed by atoms with E-state index in [0.717, 1.165) is 30.3 Å². The van der Waals surface area contributed by atoms with Gasteiger partial charge in [0.15, 0.2) is 9.84 Å². The lowest BCUT2D eigenvalue weighted by molar-refractivity contribution is -0.348. The molecule has 3 aliphatic rings. The number of rotatable bonds is 5. The Balaban J connectivity index is 1.59. The molecule has 0 spiro atoms. The maximum atomic E-state index is 15.0. The third-order valence-electron chi connectivity index (χ3n) is 9.33. The number of piperidine rings is 1. The van der Waals surface area contributed by atoms with Crippen molar-refractivity contribution < 1.29 is 48.3 Å². The summed E-state index contributed by atoms with van der Waals surface area (Å²) in [7, 11) is -4.39. The molecule has 2 aliphatic heterocycles. The molecule has 0 radical (unpaired) electrons. The van der Waals surface area contributed by atoms with E-state index >= 15 is 0 Å². The number of sulfone groups is 1. The number of hydrogen-bond donors (Lipinski definition) is 0. The zero-order chi connectivity index (χ0) is 31.6. The number of halogens is 8. The standard InChI is InChI=1S/C29H30F8N2O3S/c1-18(40)38-13-10-19(11-14-38)17-39-15-12-26(43(41,42)23-6-4-22(30)5-7-23)24-8-3-21(16-20(24)2-9-25(26)39)27(31,28(32,33)34)29(35,36)37/h3-8,16,19,25H,2,9-15,17H2,1H3/t25-,26-/m0/s1. The third-order valence-corrected chi connectivity index (χ3v) is 11.9. The van der Waals surface area contributed by atoms with Crippen molar-refractivity contribution in [3.8, 4) is 0 Å². The number of carbonyl (C=O) groups excluding carboxylic acids is 1. The van der Waals surface area contributed by atoms with E-state index in [0.29, 0.717) is 44.6 Å². The first kappa shape index (κ1) is 31.7. The molecule has 43 heavy (non-hydrogen) atoms. The van der Waals surface area contributed by atoms with Gasteiger partial charge in [0.1, 0.15) is 10.6 Å². The molecule has 0 N–H and O–H groups in total. The van der Waals surface area contributed by atoms with Crippen molar-refractivity contribution in [3.05, 3.63) is 65.0 Å². The van der Waals surface area contributed by atoms with Gasteiger partial charge in [-0.25, -0.2) is 17.2 Å². The van der Waals surface area contributed by atoms with Crippen molar-refractivity contribution in [2.24, 2.45) is 5.92 Å². The predicted molar refractivity (Wildman–Crippen MR) is 140 cm³/mol. The number of fused-ring (bicyclic) bond motifs is 3. The van der Waals surface area contributed by atoms with Crippen LogP contribution in [0.1, 0.15) is 49.3 Å². The van der Waals surface area contributed by atoms with Crippen LogP contribution in [0.5, 0.6) is 0 Å². The Morgan fingerprint density at radius 3 is 2.07 bits per heavy atom. The average molecular weight is 639 g/mol. The van der Waals surface area contributed by atoms with Crippen LogP contribution in [0, 0.1) is 11.7 Å². The Kier molecular flexibility index (Phi) is 7.89. The smallest absolute Gasteiger partial charge is 0.343 e. The van der Waals surface area contributed by atoms with Crippen LogP contribution in [0.15, 0.2) is 47.4 Å². The molecule has 0 aromatic heterocycles. The van der Waals surface area contributed by atoms with Gasteiger partial charge in [-0.2, -0.15) is 26.3 Å². The molecule has 5 nitrogen and oxygen atoms in total. The van der Waals surface area contributed by atoms with Gasteiger partial charge in [-0.3, -0.25) is 9.69 Å². The van der Waals surface area contributed by atoms with Crippen LogP contribution in [0.25, 0.3) is 0 Å². The minimum absolute atomic E-state index is 0.0185. The monoisotopic (exact) mass is 638 g/mol. The summed E-state index contributed by atoms with van der Waals surface area (Å²) in [5.74, 6) is -0.597. The highest BCUT2D eigenvalue weighted by atomic mass is 32.2. The van der Waals surface area contributed by atoms with Crippen molar-refractivity contribution in [2.75, 3.05) is 26.2 Å². The van der Waals surface area contributed by atoms with E-state index in [2.05, 4.69) is 0 Å². The van der Waals surface area contributed by atoms with Crippen molar-refractivity contribution in [1.82, 2.24) is 9.80 Å². The molecule has 2 aromatic rings. The lowest BCUT2D eigenvalue weighted by atomic mass is 9.76. The van der Waals surface area contributed by atoms with Crippen LogP contribution in [-0.4, -0.2) is 68.7 Å². The summed E-state index contributed by atoms with van der Waals surface area (Å²) in [4.78, 5) is 15.2. The van der Waals surface area contributed by atoms with E-state index in [4.69, 9.17) is 0 Å². The van der Waals surface area contributed by atoms with Crippen LogP contribution in [-0.2, 0) is 31.5 Å². The normalized spacial score (nSPS) is 24.1. The van der Waals surface area contributed by atoms with Crippen molar-refractivity contribution in [2.45, 2.75) is 72.7 Å². The van der Waals surface area contributed by atoms with E-state index in [1.807, 2.05) is 4.90 Å². The zero-order valence-electron chi connectivity index (χ0n) is 23.1. The summed E-state index contributed by atoms with van der Waals surface area (Å²) >= 11 is 0. The second-order valence-electron chi connectivity index (χ2n) is 11.6. The first-order valence-electron chi connectivity index (χ1n) is 13.9. The number of alkyl halides is 7. The van der Waals surface area contributed by atoms with Gasteiger partial charge in [0.05, 0.1) is 4.90 Å². The molecule has 1 amide bonds. The Morgan fingerprint density at radius 1 is 0.907 bits per heavy atom. The maximum Gasteiger partial charge on any atom is 0.435 e. The highest BCUT2D eigenvalue weighted by molar-refractivity contribution is 7.92. The van der Waals surface area contributed by atoms with E-state index < -0.39 is 50.0 Å². The van der Waals surface area contributed by atoms with Gasteiger partial charge in [0.25, 0.3) is 0 Å². The minimum Gasteiger partial charge on any atom is -0.343 e. The summed E-state index contributed by atoms with van der Waals surface area (Å²) in [5, 5.41) is 0. The molecule has 5 rings (SSSR count). The van der Waals surface area contributed by atoms with Crippen molar-refractivity contribution in [3.63, 3.8) is 0 Å². The molecule has 14 heteroatoms. The fourth-order valence-corrected chi connectivity index (χ4v) is 9.52. The number of nitrogens with zero attached hydrogens (tertiary/aromatic N) is 2. The third kappa shape index (κ3) is 5.01. The highest BCUT2D eigenvalue weighted by Crippen LogP contribution is 2.56. The summed E-state index contributed by atoms with van der Waals surface area (Å²) in [6.07, 6.45) is -11.2. The molecular formula is C29H30F8N2O3S. The fraction of sp³-hybridized carbons (Fsp3) is 0.552. The lowest BCUT2D eigenvalue weighted by Gasteiger charge is -2.44.